The summed E-state index contributed by atoms with van der Waals surface area (Å²) in [5, 5.41) is 11.0. The molecule has 5 nitrogen and oxygen atoms in total. The molecule has 25 heavy (non-hydrogen) atoms. The summed E-state index contributed by atoms with van der Waals surface area (Å²) in [6.45, 7) is 7.14. The molecule has 0 atom stereocenters. The number of carbonyl (C=O) groups is 1. The summed E-state index contributed by atoms with van der Waals surface area (Å²) in [4.78, 5) is 18.5. The van der Waals surface area contributed by atoms with E-state index in [1.807, 2.05) is 37.8 Å². The molecule has 6 heteroatoms. The van der Waals surface area contributed by atoms with Crippen molar-refractivity contribution >= 4 is 22.0 Å². The van der Waals surface area contributed by atoms with Crippen LogP contribution >= 0.6 is 15.9 Å². The van der Waals surface area contributed by atoms with Gasteiger partial charge in [0, 0.05) is 23.8 Å². The molecule has 138 valence electrons. The molecule has 2 fully saturated rings. The first-order valence-corrected chi connectivity index (χ1v) is 9.73. The van der Waals surface area contributed by atoms with Gasteiger partial charge in [0.25, 0.3) is 0 Å². The van der Waals surface area contributed by atoms with E-state index in [2.05, 4.69) is 20.9 Å². The fourth-order valence-corrected chi connectivity index (χ4v) is 4.16. The van der Waals surface area contributed by atoms with Crippen LogP contribution in [0.4, 0.5) is 4.79 Å². The maximum absolute atomic E-state index is 12.3. The zero-order chi connectivity index (χ0) is 18.3. The van der Waals surface area contributed by atoms with Gasteiger partial charge in [-0.25, -0.2) is 4.79 Å². The molecule has 1 aromatic rings. The van der Waals surface area contributed by atoms with E-state index in [4.69, 9.17) is 4.74 Å². The van der Waals surface area contributed by atoms with Gasteiger partial charge in [0.05, 0.1) is 5.69 Å². The molecule has 3 rings (SSSR count). The number of aromatic nitrogens is 1. The first-order chi connectivity index (χ1) is 11.6. The third kappa shape index (κ3) is 4.17. The van der Waals surface area contributed by atoms with Crippen molar-refractivity contribution in [2.45, 2.75) is 64.1 Å². The fourth-order valence-electron chi connectivity index (χ4n) is 3.93. The second-order valence-corrected chi connectivity index (χ2v) is 9.46. The molecule has 1 aliphatic carbocycles. The molecule has 1 aromatic heterocycles. The Hall–Kier alpha value is -1.14. The summed E-state index contributed by atoms with van der Waals surface area (Å²) >= 11 is 3.38. The molecule has 1 saturated carbocycles. The molecule has 0 aromatic carbocycles. The van der Waals surface area contributed by atoms with Gasteiger partial charge in [-0.3, -0.25) is 4.98 Å². The number of likely N-dealkylation sites (tertiary alicyclic amines) is 1. The van der Waals surface area contributed by atoms with Crippen LogP contribution in [0, 0.1) is 5.41 Å². The van der Waals surface area contributed by atoms with Gasteiger partial charge < -0.3 is 14.7 Å². The molecule has 1 aliphatic heterocycles. The van der Waals surface area contributed by atoms with Crippen LogP contribution in [0.2, 0.25) is 0 Å². The minimum Gasteiger partial charge on any atom is -0.444 e. The molecular weight excluding hydrogens is 384 g/mol. The van der Waals surface area contributed by atoms with Crippen LogP contribution in [0.1, 0.15) is 58.6 Å². The number of ether oxygens (including phenoxy) is 1. The second kappa shape index (κ2) is 6.54. The Labute approximate surface area is 157 Å². The lowest BCUT2D eigenvalue weighted by atomic mass is 9.67. The van der Waals surface area contributed by atoms with Crippen molar-refractivity contribution in [1.29, 1.82) is 0 Å². The Balaban J connectivity index is 1.62. The number of nitrogens with zero attached hydrogens (tertiary/aromatic N) is 2. The zero-order valence-electron chi connectivity index (χ0n) is 15.2. The van der Waals surface area contributed by atoms with Crippen LogP contribution in [0.5, 0.6) is 0 Å². The number of hydrogen-bond donors (Lipinski definition) is 1. The van der Waals surface area contributed by atoms with Crippen molar-refractivity contribution < 1.29 is 14.6 Å². The van der Waals surface area contributed by atoms with Crippen molar-refractivity contribution in [3.05, 3.63) is 28.5 Å². The predicted octanol–water partition coefficient (Wildman–Crippen LogP) is 4.23. The summed E-state index contributed by atoms with van der Waals surface area (Å²) in [6, 6.07) is 3.81. The molecule has 1 amide bonds. The maximum Gasteiger partial charge on any atom is 0.410 e. The first-order valence-electron chi connectivity index (χ1n) is 8.93. The van der Waals surface area contributed by atoms with Gasteiger partial charge in [0.1, 0.15) is 11.2 Å². The van der Waals surface area contributed by atoms with Gasteiger partial charge in [0.2, 0.25) is 0 Å². The molecule has 0 unspecified atom stereocenters. The van der Waals surface area contributed by atoms with Gasteiger partial charge in [0.15, 0.2) is 0 Å². The van der Waals surface area contributed by atoms with E-state index in [9.17, 15) is 9.90 Å². The van der Waals surface area contributed by atoms with E-state index in [1.54, 1.807) is 6.20 Å². The highest BCUT2D eigenvalue weighted by Crippen LogP contribution is 2.49. The summed E-state index contributed by atoms with van der Waals surface area (Å²) < 4.78 is 6.41. The van der Waals surface area contributed by atoms with E-state index >= 15 is 0 Å². The van der Waals surface area contributed by atoms with Crippen LogP contribution in [0.15, 0.2) is 22.8 Å². The van der Waals surface area contributed by atoms with Gasteiger partial charge >= 0.3 is 6.09 Å². The smallest absolute Gasteiger partial charge is 0.410 e. The molecule has 1 saturated heterocycles. The van der Waals surface area contributed by atoms with Crippen molar-refractivity contribution in [1.82, 2.24) is 9.88 Å². The number of aliphatic hydroxyl groups is 1. The lowest BCUT2D eigenvalue weighted by Gasteiger charge is -2.41. The van der Waals surface area contributed by atoms with Crippen LogP contribution in [0.3, 0.4) is 0 Å². The Kier molecular flexibility index (Phi) is 4.88. The molecule has 2 heterocycles. The molecular formula is C19H27BrN2O3. The highest BCUT2D eigenvalue weighted by molar-refractivity contribution is 9.10. The quantitative estimate of drug-likeness (QED) is 0.751. The Bertz CT molecular complexity index is 631. The Morgan fingerprint density at radius 2 is 1.92 bits per heavy atom. The summed E-state index contributed by atoms with van der Waals surface area (Å²) in [7, 11) is 0. The van der Waals surface area contributed by atoms with Crippen molar-refractivity contribution in [2.24, 2.45) is 5.41 Å². The fraction of sp³-hybridized carbons (Fsp3) is 0.684. The molecule has 0 bridgehead atoms. The topological polar surface area (TPSA) is 62.7 Å². The summed E-state index contributed by atoms with van der Waals surface area (Å²) in [5.74, 6) is 0. The second-order valence-electron chi connectivity index (χ2n) is 8.55. The highest BCUT2D eigenvalue weighted by Gasteiger charge is 2.47. The van der Waals surface area contributed by atoms with Crippen LogP contribution < -0.4 is 0 Å². The first kappa shape index (κ1) is 18.6. The van der Waals surface area contributed by atoms with Crippen molar-refractivity contribution in [2.75, 3.05) is 13.1 Å². The standard InChI is InChI=1S/C19H27BrN2O3/c1-17(2,3)25-16(23)22-11-10-18(13-22)6-8-19(24,9-7-18)15-5-4-14(20)12-21-15/h4-5,12,24H,6-11,13H2,1-3H3. The Morgan fingerprint density at radius 3 is 2.48 bits per heavy atom. The van der Waals surface area contributed by atoms with E-state index in [-0.39, 0.29) is 11.5 Å². The van der Waals surface area contributed by atoms with E-state index in [0.717, 1.165) is 42.5 Å². The number of pyridine rings is 1. The number of rotatable bonds is 1. The number of hydrogen-bond acceptors (Lipinski definition) is 4. The largest absolute Gasteiger partial charge is 0.444 e. The number of amides is 1. The molecule has 1 N–H and O–H groups in total. The van der Waals surface area contributed by atoms with Crippen molar-refractivity contribution in [3.8, 4) is 0 Å². The predicted molar refractivity (Wildman–Crippen MR) is 99.2 cm³/mol. The highest BCUT2D eigenvalue weighted by atomic mass is 79.9. The lowest BCUT2D eigenvalue weighted by molar-refractivity contribution is -0.0404. The third-order valence-corrected chi connectivity index (χ3v) is 5.90. The minimum atomic E-state index is -0.856. The average Bonchev–Trinajstić information content (AvgIpc) is 2.94. The van der Waals surface area contributed by atoms with E-state index in [1.165, 1.54) is 0 Å². The number of carbonyl (C=O) groups excluding carboxylic acids is 1. The van der Waals surface area contributed by atoms with Crippen LogP contribution in [-0.4, -0.2) is 39.8 Å². The number of halogens is 1. The maximum atomic E-state index is 12.3. The summed E-state index contributed by atoms with van der Waals surface area (Å²) in [5.41, 5.74) is -0.469. The minimum absolute atomic E-state index is 0.110. The average molecular weight is 411 g/mol. The SMILES string of the molecule is CC(C)(C)OC(=O)N1CCC2(CCC(O)(c3ccc(Br)cn3)CC2)C1. The van der Waals surface area contributed by atoms with E-state index in [0.29, 0.717) is 12.8 Å². The van der Waals surface area contributed by atoms with Gasteiger partial charge in [-0.05, 0) is 86.4 Å². The summed E-state index contributed by atoms with van der Waals surface area (Å²) in [6.07, 6.45) is 5.67. The Morgan fingerprint density at radius 1 is 1.24 bits per heavy atom. The monoisotopic (exact) mass is 410 g/mol. The lowest BCUT2D eigenvalue weighted by Crippen LogP contribution is -2.41. The molecule has 1 spiro atoms. The zero-order valence-corrected chi connectivity index (χ0v) is 16.8. The molecule has 0 radical (unpaired) electrons. The van der Waals surface area contributed by atoms with Gasteiger partial charge in [-0.1, -0.05) is 0 Å². The van der Waals surface area contributed by atoms with E-state index < -0.39 is 11.2 Å². The van der Waals surface area contributed by atoms with Gasteiger partial charge in [-0.15, -0.1) is 0 Å². The van der Waals surface area contributed by atoms with Crippen molar-refractivity contribution in [3.63, 3.8) is 0 Å². The third-order valence-electron chi connectivity index (χ3n) is 5.43. The van der Waals surface area contributed by atoms with Gasteiger partial charge in [-0.2, -0.15) is 0 Å². The molecule has 2 aliphatic rings. The normalized spacial score (nSPS) is 29.9. The van der Waals surface area contributed by atoms with Crippen LogP contribution in [0.25, 0.3) is 0 Å². The van der Waals surface area contributed by atoms with Crippen LogP contribution in [-0.2, 0) is 10.3 Å².